The molecule has 0 unspecified atom stereocenters. The fourth-order valence-corrected chi connectivity index (χ4v) is 2.82. The van der Waals surface area contributed by atoms with Crippen LogP contribution < -0.4 is 10.6 Å². The van der Waals surface area contributed by atoms with E-state index in [1.54, 1.807) is 32.0 Å². The van der Waals surface area contributed by atoms with Crippen molar-refractivity contribution >= 4 is 17.6 Å². The molecule has 3 rings (SSSR count). The third-order valence-corrected chi connectivity index (χ3v) is 4.34. The van der Waals surface area contributed by atoms with Crippen molar-refractivity contribution in [2.45, 2.75) is 32.5 Å². The van der Waals surface area contributed by atoms with Gasteiger partial charge in [0.05, 0.1) is 24.0 Å². The van der Waals surface area contributed by atoms with Crippen LogP contribution in [0.1, 0.15) is 31.1 Å². The van der Waals surface area contributed by atoms with Gasteiger partial charge in [-0.1, -0.05) is 18.2 Å². The number of nitrogens with zero attached hydrogens (tertiary/aromatic N) is 2. The summed E-state index contributed by atoms with van der Waals surface area (Å²) in [5.41, 5.74) is 1.11. The lowest BCUT2D eigenvalue weighted by molar-refractivity contribution is -0.125. The molecule has 2 N–H and O–H groups in total. The fraction of sp³-hybridized carbons (Fsp3) is 0.278. The van der Waals surface area contributed by atoms with Crippen LogP contribution in [0.4, 0.5) is 19.3 Å². The van der Waals surface area contributed by atoms with Gasteiger partial charge in [0, 0.05) is 5.56 Å². The smallest absolute Gasteiger partial charge is 0.322 e. The van der Waals surface area contributed by atoms with Crippen molar-refractivity contribution in [1.82, 2.24) is 15.2 Å². The molecule has 0 aliphatic carbocycles. The van der Waals surface area contributed by atoms with Gasteiger partial charge < -0.3 is 15.5 Å². The van der Waals surface area contributed by atoms with E-state index in [4.69, 9.17) is 0 Å². The van der Waals surface area contributed by atoms with Crippen LogP contribution in [0.2, 0.25) is 0 Å². The summed E-state index contributed by atoms with van der Waals surface area (Å²) in [4.78, 5) is 29.8. The van der Waals surface area contributed by atoms with E-state index in [1.165, 1.54) is 17.0 Å². The number of benzene rings is 1. The number of pyridine rings is 1. The molecule has 1 aromatic carbocycles. The average Bonchev–Trinajstić information content (AvgIpc) is 2.61. The Hall–Kier alpha value is -3.03. The number of amides is 3. The molecule has 1 aliphatic heterocycles. The van der Waals surface area contributed by atoms with Crippen molar-refractivity contribution in [2.24, 2.45) is 0 Å². The Balaban J connectivity index is 1.72. The molecule has 0 radical (unpaired) electrons. The SMILES string of the molecule is C[C@H](NC(=O)[C@H](C)N1Cc2nc(F)ccc2NC1=O)c1ccccc1F. The predicted molar refractivity (Wildman–Crippen MR) is 91.2 cm³/mol. The Morgan fingerprint density at radius 1 is 1.23 bits per heavy atom. The summed E-state index contributed by atoms with van der Waals surface area (Å²) in [7, 11) is 0. The minimum Gasteiger partial charge on any atom is -0.348 e. The summed E-state index contributed by atoms with van der Waals surface area (Å²) in [6, 6.07) is 6.84. The Kier molecular flexibility index (Phi) is 4.83. The molecule has 0 bridgehead atoms. The maximum absolute atomic E-state index is 13.8. The van der Waals surface area contributed by atoms with Gasteiger partial charge in [-0.05, 0) is 32.0 Å². The lowest BCUT2D eigenvalue weighted by Gasteiger charge is -2.33. The summed E-state index contributed by atoms with van der Waals surface area (Å²) < 4.78 is 27.2. The zero-order valence-electron chi connectivity index (χ0n) is 14.3. The first kappa shape index (κ1) is 17.8. The van der Waals surface area contributed by atoms with Gasteiger partial charge in [-0.2, -0.15) is 4.39 Å². The van der Waals surface area contributed by atoms with E-state index in [2.05, 4.69) is 15.6 Å². The molecular weight excluding hydrogens is 342 g/mol. The van der Waals surface area contributed by atoms with Gasteiger partial charge in [0.25, 0.3) is 0 Å². The van der Waals surface area contributed by atoms with Gasteiger partial charge >= 0.3 is 6.03 Å². The normalized spacial score (nSPS) is 15.7. The molecule has 26 heavy (non-hydrogen) atoms. The number of halogens is 2. The lowest BCUT2D eigenvalue weighted by atomic mass is 10.1. The zero-order chi connectivity index (χ0) is 18.8. The molecule has 6 nitrogen and oxygen atoms in total. The molecule has 1 aromatic heterocycles. The van der Waals surface area contributed by atoms with E-state index in [0.29, 0.717) is 16.9 Å². The molecule has 8 heteroatoms. The van der Waals surface area contributed by atoms with E-state index in [-0.39, 0.29) is 6.54 Å². The Morgan fingerprint density at radius 3 is 2.69 bits per heavy atom. The first-order valence-corrected chi connectivity index (χ1v) is 8.14. The zero-order valence-corrected chi connectivity index (χ0v) is 14.3. The number of hydrogen-bond acceptors (Lipinski definition) is 3. The molecule has 2 heterocycles. The van der Waals surface area contributed by atoms with Crippen LogP contribution in [-0.2, 0) is 11.3 Å². The number of fused-ring (bicyclic) bond motifs is 1. The second kappa shape index (κ2) is 7.07. The monoisotopic (exact) mass is 360 g/mol. The highest BCUT2D eigenvalue weighted by molar-refractivity contribution is 5.95. The number of aromatic nitrogens is 1. The average molecular weight is 360 g/mol. The van der Waals surface area contributed by atoms with Crippen LogP contribution in [0.25, 0.3) is 0 Å². The largest absolute Gasteiger partial charge is 0.348 e. The number of carbonyl (C=O) groups is 2. The molecule has 2 aromatic rings. The Labute approximate surface area is 149 Å². The van der Waals surface area contributed by atoms with Gasteiger partial charge in [-0.3, -0.25) is 4.79 Å². The molecule has 0 saturated carbocycles. The molecule has 0 fully saturated rings. The highest BCUT2D eigenvalue weighted by Crippen LogP contribution is 2.23. The summed E-state index contributed by atoms with van der Waals surface area (Å²) in [6.45, 7) is 3.21. The van der Waals surface area contributed by atoms with Crippen LogP contribution in [-0.4, -0.2) is 27.9 Å². The van der Waals surface area contributed by atoms with Gasteiger partial charge in [0.2, 0.25) is 11.9 Å². The molecule has 3 amide bonds. The van der Waals surface area contributed by atoms with Crippen molar-refractivity contribution in [3.63, 3.8) is 0 Å². The van der Waals surface area contributed by atoms with E-state index in [9.17, 15) is 18.4 Å². The molecular formula is C18H18F2N4O2. The minimum absolute atomic E-state index is 0.00158. The summed E-state index contributed by atoms with van der Waals surface area (Å²) in [6.07, 6.45) is 0. The van der Waals surface area contributed by atoms with Crippen LogP contribution >= 0.6 is 0 Å². The third kappa shape index (κ3) is 3.49. The van der Waals surface area contributed by atoms with Crippen LogP contribution in [0, 0.1) is 11.8 Å². The predicted octanol–water partition coefficient (Wildman–Crippen LogP) is 2.97. The molecule has 136 valence electrons. The highest BCUT2D eigenvalue weighted by atomic mass is 19.1. The van der Waals surface area contributed by atoms with Crippen molar-refractivity contribution < 1.29 is 18.4 Å². The molecule has 1 aliphatic rings. The van der Waals surface area contributed by atoms with E-state index < -0.39 is 35.8 Å². The quantitative estimate of drug-likeness (QED) is 0.823. The topological polar surface area (TPSA) is 74.3 Å². The number of anilines is 1. The number of hydrogen-bond donors (Lipinski definition) is 2. The van der Waals surface area contributed by atoms with Crippen LogP contribution in [0.3, 0.4) is 0 Å². The van der Waals surface area contributed by atoms with Crippen molar-refractivity contribution in [3.8, 4) is 0 Å². The maximum Gasteiger partial charge on any atom is 0.322 e. The van der Waals surface area contributed by atoms with Crippen LogP contribution in [0.15, 0.2) is 36.4 Å². The molecule has 0 saturated heterocycles. The highest BCUT2D eigenvalue weighted by Gasteiger charge is 2.32. The summed E-state index contributed by atoms with van der Waals surface area (Å²) in [5, 5.41) is 5.28. The second-order valence-electron chi connectivity index (χ2n) is 6.11. The van der Waals surface area contributed by atoms with Gasteiger partial charge in [-0.25, -0.2) is 14.2 Å². The van der Waals surface area contributed by atoms with Gasteiger partial charge in [-0.15, -0.1) is 0 Å². The standard InChI is InChI=1S/C18H18F2N4O2/c1-10(12-5-3-4-6-13(12)19)21-17(25)11(2)24-9-15-14(23-18(24)26)7-8-16(20)22-15/h3-8,10-11H,9H2,1-2H3,(H,21,25)(H,23,26)/t10-,11-/m0/s1. The summed E-state index contributed by atoms with van der Waals surface area (Å²) in [5.74, 6) is -1.53. The van der Waals surface area contributed by atoms with E-state index in [0.717, 1.165) is 6.07 Å². The molecule has 2 atom stereocenters. The van der Waals surface area contributed by atoms with Gasteiger partial charge in [0.15, 0.2) is 0 Å². The first-order valence-electron chi connectivity index (χ1n) is 8.14. The molecule has 0 spiro atoms. The maximum atomic E-state index is 13.8. The summed E-state index contributed by atoms with van der Waals surface area (Å²) >= 11 is 0. The van der Waals surface area contributed by atoms with Gasteiger partial charge in [0.1, 0.15) is 11.9 Å². The Bertz CT molecular complexity index is 859. The number of carbonyl (C=O) groups excluding carboxylic acids is 2. The van der Waals surface area contributed by atoms with E-state index >= 15 is 0 Å². The second-order valence-corrected chi connectivity index (χ2v) is 6.11. The van der Waals surface area contributed by atoms with Crippen molar-refractivity contribution in [3.05, 3.63) is 59.4 Å². The van der Waals surface area contributed by atoms with Crippen molar-refractivity contribution in [2.75, 3.05) is 5.32 Å². The van der Waals surface area contributed by atoms with Crippen molar-refractivity contribution in [1.29, 1.82) is 0 Å². The van der Waals surface area contributed by atoms with Crippen LogP contribution in [0.5, 0.6) is 0 Å². The Morgan fingerprint density at radius 2 is 1.96 bits per heavy atom. The minimum atomic E-state index is -0.845. The first-order chi connectivity index (χ1) is 12.4. The fourth-order valence-electron chi connectivity index (χ4n) is 2.82. The number of urea groups is 1. The third-order valence-electron chi connectivity index (χ3n) is 4.34. The lowest BCUT2D eigenvalue weighted by Crippen LogP contribution is -2.51. The number of rotatable bonds is 4. The number of nitrogens with one attached hydrogen (secondary N) is 2. The van der Waals surface area contributed by atoms with E-state index in [1.807, 2.05) is 0 Å².